The molecule has 0 saturated carbocycles. The van der Waals surface area contributed by atoms with Gasteiger partial charge in [0.05, 0.1) is 0 Å². The van der Waals surface area contributed by atoms with Crippen molar-refractivity contribution in [2.75, 3.05) is 22.1 Å². The number of carbonyl (C=O) groups excluding carboxylic acids is 2. The highest BCUT2D eigenvalue weighted by Gasteiger charge is 2.28. The zero-order valence-electron chi connectivity index (χ0n) is 18.8. The minimum Gasteiger partial charge on any atom is -0.431 e. The van der Waals surface area contributed by atoms with E-state index in [1.165, 1.54) is 18.2 Å². The summed E-state index contributed by atoms with van der Waals surface area (Å²) in [5.41, 5.74) is 1.64. The summed E-state index contributed by atoms with van der Waals surface area (Å²) in [4.78, 5) is 27.5. The number of ether oxygens (including phenoxy) is 1. The van der Waals surface area contributed by atoms with E-state index in [2.05, 4.69) is 10.6 Å². The third kappa shape index (κ3) is 6.16. The van der Waals surface area contributed by atoms with Crippen LogP contribution in [0.5, 0.6) is 0 Å². The van der Waals surface area contributed by atoms with Crippen molar-refractivity contribution in [2.24, 2.45) is 0 Å². The fraction of sp³-hybridized carbons (Fsp3) is 0.192. The fourth-order valence-corrected chi connectivity index (χ4v) is 3.91. The summed E-state index contributed by atoms with van der Waals surface area (Å²) in [5, 5.41) is 13.8. The number of benzene rings is 3. The second kappa shape index (κ2) is 11.0. The number of halogens is 2. The standard InChI is InChI=1S/C26H24ClFN4O3/c27-17-8-10-19(11-9-17)31-26(34)35-24(21-5-1-2-6-22(21)28)25(33)30-18-12-14-20(15-13-18)32-16-4-3-7-23(32)29/h1-2,5-6,8-15,24,29H,3-4,7,16H2,(H,30,33)(H,31,34). The molecule has 1 saturated heterocycles. The van der Waals surface area contributed by atoms with E-state index in [1.54, 1.807) is 42.5 Å². The predicted molar refractivity (Wildman–Crippen MR) is 135 cm³/mol. The lowest BCUT2D eigenvalue weighted by molar-refractivity contribution is -0.124. The molecule has 4 rings (SSSR count). The lowest BCUT2D eigenvalue weighted by Crippen LogP contribution is -2.34. The SMILES string of the molecule is N=C1CCCCN1c1ccc(NC(=O)C(OC(=O)Nc2ccc(Cl)cc2)c2ccccc2F)cc1. The first-order chi connectivity index (χ1) is 16.9. The second-order valence-electron chi connectivity index (χ2n) is 8.03. The Hall–Kier alpha value is -3.91. The number of rotatable bonds is 6. The van der Waals surface area contributed by atoms with Crippen molar-refractivity contribution in [1.29, 1.82) is 5.41 Å². The molecule has 35 heavy (non-hydrogen) atoms. The number of hydrogen-bond acceptors (Lipinski definition) is 4. The number of carbonyl (C=O) groups is 2. The molecule has 0 spiro atoms. The first-order valence-corrected chi connectivity index (χ1v) is 11.5. The summed E-state index contributed by atoms with van der Waals surface area (Å²) in [5.74, 6) is -0.821. The molecule has 2 amide bonds. The average Bonchev–Trinajstić information content (AvgIpc) is 2.85. The molecule has 1 fully saturated rings. The highest BCUT2D eigenvalue weighted by Crippen LogP contribution is 2.26. The Morgan fingerprint density at radius 2 is 1.60 bits per heavy atom. The van der Waals surface area contributed by atoms with Gasteiger partial charge in [-0.25, -0.2) is 9.18 Å². The molecule has 0 radical (unpaired) electrons. The number of amides is 2. The maximum absolute atomic E-state index is 14.5. The maximum atomic E-state index is 14.5. The Bertz CT molecular complexity index is 1220. The highest BCUT2D eigenvalue weighted by atomic mass is 35.5. The second-order valence-corrected chi connectivity index (χ2v) is 8.47. The lowest BCUT2D eigenvalue weighted by atomic mass is 10.1. The first-order valence-electron chi connectivity index (χ1n) is 11.1. The summed E-state index contributed by atoms with van der Waals surface area (Å²) in [6.45, 7) is 0.774. The molecular formula is C26H24ClFN4O3. The largest absolute Gasteiger partial charge is 0.431 e. The van der Waals surface area contributed by atoms with E-state index < -0.39 is 23.9 Å². The normalized spacial score (nSPS) is 14.2. The molecule has 3 aromatic rings. The number of nitrogens with one attached hydrogen (secondary N) is 3. The Balaban J connectivity index is 1.49. The van der Waals surface area contributed by atoms with Crippen LogP contribution in [0.3, 0.4) is 0 Å². The smallest absolute Gasteiger partial charge is 0.412 e. The molecule has 0 aromatic heterocycles. The Morgan fingerprint density at radius 3 is 2.29 bits per heavy atom. The van der Waals surface area contributed by atoms with E-state index >= 15 is 0 Å². The van der Waals surface area contributed by atoms with Gasteiger partial charge in [-0.05, 0) is 67.4 Å². The van der Waals surface area contributed by atoms with Crippen molar-refractivity contribution < 1.29 is 18.7 Å². The zero-order chi connectivity index (χ0) is 24.8. The first kappa shape index (κ1) is 24.2. The van der Waals surface area contributed by atoms with Gasteiger partial charge in [0.25, 0.3) is 5.91 Å². The van der Waals surface area contributed by atoms with Gasteiger partial charge in [-0.3, -0.25) is 15.5 Å². The van der Waals surface area contributed by atoms with Gasteiger partial charge in [0.15, 0.2) is 0 Å². The van der Waals surface area contributed by atoms with Crippen molar-refractivity contribution in [3.8, 4) is 0 Å². The van der Waals surface area contributed by atoms with Gasteiger partial charge in [-0.1, -0.05) is 29.8 Å². The third-order valence-electron chi connectivity index (χ3n) is 5.56. The molecule has 1 aliphatic heterocycles. The van der Waals surface area contributed by atoms with Crippen LogP contribution in [-0.2, 0) is 9.53 Å². The highest BCUT2D eigenvalue weighted by molar-refractivity contribution is 6.30. The molecule has 1 unspecified atom stereocenters. The number of hydrogen-bond donors (Lipinski definition) is 3. The molecule has 7 nitrogen and oxygen atoms in total. The van der Waals surface area contributed by atoms with E-state index in [-0.39, 0.29) is 5.56 Å². The van der Waals surface area contributed by atoms with Gasteiger partial charge in [0, 0.05) is 40.6 Å². The molecule has 3 aromatic carbocycles. The number of piperidine rings is 1. The van der Waals surface area contributed by atoms with E-state index in [1.807, 2.05) is 17.0 Å². The minimum absolute atomic E-state index is 0.0744. The van der Waals surface area contributed by atoms with E-state index in [0.29, 0.717) is 22.2 Å². The number of nitrogens with zero attached hydrogens (tertiary/aromatic N) is 1. The zero-order valence-corrected chi connectivity index (χ0v) is 19.5. The number of anilines is 3. The summed E-state index contributed by atoms with van der Waals surface area (Å²) < 4.78 is 19.9. The van der Waals surface area contributed by atoms with Gasteiger partial charge in [0.2, 0.25) is 6.10 Å². The van der Waals surface area contributed by atoms with Crippen molar-refractivity contribution >= 4 is 46.5 Å². The molecule has 1 aliphatic rings. The lowest BCUT2D eigenvalue weighted by Gasteiger charge is -2.29. The molecule has 9 heteroatoms. The van der Waals surface area contributed by atoms with Gasteiger partial charge >= 0.3 is 6.09 Å². The predicted octanol–water partition coefficient (Wildman–Crippen LogP) is 6.38. The molecule has 0 aliphatic carbocycles. The Kier molecular flexibility index (Phi) is 7.62. The summed E-state index contributed by atoms with van der Waals surface area (Å²) in [7, 11) is 0. The van der Waals surface area contributed by atoms with Gasteiger partial charge in [0.1, 0.15) is 11.7 Å². The quantitative estimate of drug-likeness (QED) is 0.371. The van der Waals surface area contributed by atoms with Crippen LogP contribution < -0.4 is 15.5 Å². The summed E-state index contributed by atoms with van der Waals surface area (Å²) >= 11 is 5.86. The summed E-state index contributed by atoms with van der Waals surface area (Å²) in [6, 6.07) is 19.0. The van der Waals surface area contributed by atoms with Crippen LogP contribution in [0.1, 0.15) is 30.9 Å². The van der Waals surface area contributed by atoms with E-state index in [0.717, 1.165) is 31.5 Å². The Morgan fingerprint density at radius 1 is 0.943 bits per heavy atom. The molecule has 0 bridgehead atoms. The van der Waals surface area contributed by atoms with Crippen LogP contribution in [0.2, 0.25) is 5.02 Å². The Labute approximate surface area is 207 Å². The van der Waals surface area contributed by atoms with Crippen molar-refractivity contribution in [3.05, 3.63) is 89.2 Å². The van der Waals surface area contributed by atoms with Gasteiger partial charge in [-0.15, -0.1) is 0 Å². The minimum atomic E-state index is -1.53. The van der Waals surface area contributed by atoms with Crippen LogP contribution in [0, 0.1) is 11.2 Å². The molecule has 1 heterocycles. The van der Waals surface area contributed by atoms with Crippen molar-refractivity contribution in [2.45, 2.75) is 25.4 Å². The van der Waals surface area contributed by atoms with Crippen LogP contribution in [0.15, 0.2) is 72.8 Å². The van der Waals surface area contributed by atoms with Crippen molar-refractivity contribution in [3.63, 3.8) is 0 Å². The topological polar surface area (TPSA) is 94.5 Å². The summed E-state index contributed by atoms with van der Waals surface area (Å²) in [6.07, 6.45) is 0.305. The van der Waals surface area contributed by atoms with Crippen LogP contribution >= 0.6 is 11.6 Å². The van der Waals surface area contributed by atoms with Gasteiger partial charge < -0.3 is 15.0 Å². The van der Waals surface area contributed by atoms with Crippen LogP contribution in [-0.4, -0.2) is 24.4 Å². The average molecular weight is 495 g/mol. The molecule has 180 valence electrons. The fourth-order valence-electron chi connectivity index (χ4n) is 3.78. The van der Waals surface area contributed by atoms with E-state index in [9.17, 15) is 14.0 Å². The third-order valence-corrected chi connectivity index (χ3v) is 5.81. The van der Waals surface area contributed by atoms with Crippen molar-refractivity contribution in [1.82, 2.24) is 0 Å². The van der Waals surface area contributed by atoms with Crippen LogP contribution in [0.25, 0.3) is 0 Å². The van der Waals surface area contributed by atoms with E-state index in [4.69, 9.17) is 21.7 Å². The molecule has 3 N–H and O–H groups in total. The van der Waals surface area contributed by atoms with Gasteiger partial charge in [-0.2, -0.15) is 0 Å². The number of amidine groups is 1. The molecular weight excluding hydrogens is 471 g/mol. The maximum Gasteiger partial charge on any atom is 0.412 e. The monoisotopic (exact) mass is 494 g/mol. The molecule has 1 atom stereocenters. The van der Waals surface area contributed by atoms with Crippen LogP contribution in [0.4, 0.5) is 26.2 Å².